The Balaban J connectivity index is 1.89. The third kappa shape index (κ3) is 2.54. The van der Waals surface area contributed by atoms with Crippen LogP contribution in [0.1, 0.15) is 6.42 Å². The van der Waals surface area contributed by atoms with Gasteiger partial charge in [0, 0.05) is 18.7 Å². The van der Waals surface area contributed by atoms with Crippen molar-refractivity contribution in [3.05, 3.63) is 53.0 Å². The molecule has 4 rings (SSSR count). The largest absolute Gasteiger partial charge is 0.396 e. The van der Waals surface area contributed by atoms with Gasteiger partial charge in [-0.2, -0.15) is 9.61 Å². The van der Waals surface area contributed by atoms with Crippen molar-refractivity contribution in [3.63, 3.8) is 0 Å². The van der Waals surface area contributed by atoms with Crippen LogP contribution in [0.2, 0.25) is 0 Å². The van der Waals surface area contributed by atoms with Crippen LogP contribution < -0.4 is 5.56 Å². The molecule has 9 heteroatoms. The van der Waals surface area contributed by atoms with Gasteiger partial charge < -0.3 is 5.11 Å². The van der Waals surface area contributed by atoms with Gasteiger partial charge in [-0.3, -0.25) is 9.36 Å². The lowest BCUT2D eigenvalue weighted by Gasteiger charge is -2.05. The van der Waals surface area contributed by atoms with E-state index in [0.29, 0.717) is 29.8 Å². The predicted molar refractivity (Wildman–Crippen MR) is 87.4 cm³/mol. The Hall–Kier alpha value is -3.20. The first-order valence-corrected chi connectivity index (χ1v) is 7.65. The van der Waals surface area contributed by atoms with Crippen molar-refractivity contribution in [2.24, 2.45) is 0 Å². The van der Waals surface area contributed by atoms with Gasteiger partial charge in [-0.25, -0.2) is 9.37 Å². The summed E-state index contributed by atoms with van der Waals surface area (Å²) in [4.78, 5) is 16.7. The Morgan fingerprint density at radius 2 is 1.92 bits per heavy atom. The first-order chi connectivity index (χ1) is 12.2. The van der Waals surface area contributed by atoms with Crippen molar-refractivity contribution in [1.82, 2.24) is 29.4 Å². The van der Waals surface area contributed by atoms with Crippen LogP contribution in [0, 0.1) is 5.82 Å². The summed E-state index contributed by atoms with van der Waals surface area (Å²) in [6.45, 7) is 0.327. The van der Waals surface area contributed by atoms with Gasteiger partial charge in [0.25, 0.3) is 5.56 Å². The van der Waals surface area contributed by atoms with Crippen molar-refractivity contribution in [3.8, 4) is 11.1 Å². The maximum absolute atomic E-state index is 13.1. The highest BCUT2D eigenvalue weighted by Crippen LogP contribution is 2.24. The highest BCUT2D eigenvalue weighted by Gasteiger charge is 2.15. The fraction of sp³-hybridized carbons (Fsp3) is 0.188. The Bertz CT molecular complexity index is 1120. The number of aliphatic hydroxyl groups excluding tert-OH is 1. The minimum Gasteiger partial charge on any atom is -0.396 e. The molecule has 25 heavy (non-hydrogen) atoms. The fourth-order valence-electron chi connectivity index (χ4n) is 2.64. The van der Waals surface area contributed by atoms with E-state index < -0.39 is 0 Å². The molecule has 0 unspecified atom stereocenters. The number of aromatic nitrogens is 6. The molecule has 1 N–H and O–H groups in total. The number of hydrogen-bond acceptors (Lipinski definition) is 6. The molecule has 0 atom stereocenters. The minimum atomic E-state index is -0.341. The van der Waals surface area contributed by atoms with Gasteiger partial charge in [-0.15, -0.1) is 10.2 Å². The second-order valence-corrected chi connectivity index (χ2v) is 5.49. The maximum atomic E-state index is 13.1. The highest BCUT2D eigenvalue weighted by molar-refractivity contribution is 5.80. The van der Waals surface area contributed by atoms with Crippen LogP contribution in [0.15, 0.2) is 41.6 Å². The van der Waals surface area contributed by atoms with E-state index in [4.69, 9.17) is 5.11 Å². The molecule has 4 aromatic rings. The first kappa shape index (κ1) is 15.3. The van der Waals surface area contributed by atoms with Crippen LogP contribution in [0.5, 0.6) is 0 Å². The van der Waals surface area contributed by atoms with Gasteiger partial charge in [-0.05, 0) is 24.1 Å². The van der Waals surface area contributed by atoms with E-state index in [-0.39, 0.29) is 23.5 Å². The molecule has 0 aliphatic carbocycles. The number of nitrogens with zero attached hydrogens (tertiary/aromatic N) is 6. The zero-order valence-electron chi connectivity index (χ0n) is 13.0. The lowest BCUT2D eigenvalue weighted by atomic mass is 10.1. The second-order valence-electron chi connectivity index (χ2n) is 5.49. The molecule has 0 spiro atoms. The van der Waals surface area contributed by atoms with E-state index in [0.717, 1.165) is 5.56 Å². The van der Waals surface area contributed by atoms with Crippen molar-refractivity contribution in [2.75, 3.05) is 6.61 Å². The van der Waals surface area contributed by atoms with E-state index in [1.807, 2.05) is 0 Å². The van der Waals surface area contributed by atoms with Crippen LogP contribution in [-0.2, 0) is 6.54 Å². The molecule has 0 fully saturated rings. The average molecular weight is 340 g/mol. The molecule has 3 aromatic heterocycles. The smallest absolute Gasteiger partial charge is 0.283 e. The van der Waals surface area contributed by atoms with Crippen LogP contribution in [-0.4, -0.2) is 41.1 Å². The second kappa shape index (κ2) is 6.02. The first-order valence-electron chi connectivity index (χ1n) is 7.65. The van der Waals surface area contributed by atoms with Crippen LogP contribution in [0.25, 0.3) is 27.9 Å². The van der Waals surface area contributed by atoms with E-state index in [1.54, 1.807) is 18.3 Å². The van der Waals surface area contributed by atoms with Crippen LogP contribution >= 0.6 is 0 Å². The number of aliphatic hydroxyl groups is 1. The Morgan fingerprint density at radius 1 is 1.12 bits per heavy atom. The quantitative estimate of drug-likeness (QED) is 0.596. The molecule has 0 radical (unpaired) electrons. The number of halogens is 1. The zero-order chi connectivity index (χ0) is 17.4. The maximum Gasteiger partial charge on any atom is 0.283 e. The van der Waals surface area contributed by atoms with Crippen molar-refractivity contribution in [2.45, 2.75) is 13.0 Å². The van der Waals surface area contributed by atoms with Gasteiger partial charge in [0.05, 0.1) is 6.20 Å². The SMILES string of the molecule is O=c1c2nnc3c(-c4ccc(F)cc4)cnn3c2ncn1CCCO. The molecule has 0 aliphatic heterocycles. The van der Waals surface area contributed by atoms with Gasteiger partial charge in [0.15, 0.2) is 16.8 Å². The Labute approximate surface area is 140 Å². The van der Waals surface area contributed by atoms with E-state index >= 15 is 0 Å². The topological polar surface area (TPSA) is 98.2 Å². The van der Waals surface area contributed by atoms with E-state index in [2.05, 4.69) is 20.3 Å². The Morgan fingerprint density at radius 3 is 2.68 bits per heavy atom. The number of hydrogen-bond donors (Lipinski definition) is 1. The molecule has 0 amide bonds. The molecular formula is C16H13FN6O2. The van der Waals surface area contributed by atoms with Crippen molar-refractivity contribution >= 4 is 16.8 Å². The highest BCUT2D eigenvalue weighted by atomic mass is 19.1. The van der Waals surface area contributed by atoms with Crippen molar-refractivity contribution in [1.29, 1.82) is 0 Å². The standard InChI is InChI=1S/C16H13FN6O2/c17-11-4-2-10(3-5-11)12-8-19-23-14(12)21-20-13-15(23)18-9-22(16(13)25)6-1-7-24/h2-5,8-9,24H,1,6-7H2. The number of fused-ring (bicyclic) bond motifs is 3. The summed E-state index contributed by atoms with van der Waals surface area (Å²) in [5.41, 5.74) is 1.89. The molecule has 1 aromatic carbocycles. The lowest BCUT2D eigenvalue weighted by Crippen LogP contribution is -2.23. The lowest BCUT2D eigenvalue weighted by molar-refractivity contribution is 0.279. The number of rotatable bonds is 4. The Kier molecular flexibility index (Phi) is 3.69. The minimum absolute atomic E-state index is 0.0185. The van der Waals surface area contributed by atoms with Crippen LogP contribution in [0.3, 0.4) is 0 Å². The summed E-state index contributed by atoms with van der Waals surface area (Å²) in [5.74, 6) is -0.332. The number of aryl methyl sites for hydroxylation is 1. The molecule has 3 heterocycles. The summed E-state index contributed by atoms with van der Waals surface area (Å²) in [7, 11) is 0. The molecule has 0 saturated heterocycles. The molecule has 0 aliphatic rings. The normalized spacial score (nSPS) is 11.4. The zero-order valence-corrected chi connectivity index (χ0v) is 13.0. The molecule has 0 saturated carbocycles. The molecule has 8 nitrogen and oxygen atoms in total. The van der Waals surface area contributed by atoms with Gasteiger partial charge in [0.2, 0.25) is 0 Å². The predicted octanol–water partition coefficient (Wildman–Crippen LogP) is 1.02. The monoisotopic (exact) mass is 340 g/mol. The van der Waals surface area contributed by atoms with Gasteiger partial charge in [0.1, 0.15) is 12.1 Å². The average Bonchev–Trinajstić information content (AvgIpc) is 3.06. The van der Waals surface area contributed by atoms with Gasteiger partial charge >= 0.3 is 0 Å². The summed E-state index contributed by atoms with van der Waals surface area (Å²) >= 11 is 0. The summed E-state index contributed by atoms with van der Waals surface area (Å²) in [6, 6.07) is 5.95. The van der Waals surface area contributed by atoms with Gasteiger partial charge in [-0.1, -0.05) is 12.1 Å². The van der Waals surface area contributed by atoms with E-state index in [1.165, 1.54) is 27.5 Å². The fourth-order valence-corrected chi connectivity index (χ4v) is 2.64. The summed E-state index contributed by atoms with van der Waals surface area (Å²) in [5, 5.41) is 21.3. The molecule has 126 valence electrons. The number of benzene rings is 1. The van der Waals surface area contributed by atoms with Crippen molar-refractivity contribution < 1.29 is 9.50 Å². The third-order valence-corrected chi connectivity index (χ3v) is 3.90. The third-order valence-electron chi connectivity index (χ3n) is 3.90. The summed E-state index contributed by atoms with van der Waals surface area (Å²) in [6.07, 6.45) is 3.43. The van der Waals surface area contributed by atoms with E-state index in [9.17, 15) is 9.18 Å². The van der Waals surface area contributed by atoms with Crippen LogP contribution in [0.4, 0.5) is 4.39 Å². The molecule has 0 bridgehead atoms. The summed E-state index contributed by atoms with van der Waals surface area (Å²) < 4.78 is 15.9. The molecular weight excluding hydrogens is 327 g/mol.